The standard InChI is InChI=1S/C21H24N4O2/c1-3-27-18-8-6-16(7-9-18)19-15-17-5-4-10-25(20(17)22-19)21(26)24-13-11-23(2)12-14-24/h4-10,15H,3,11-14H2,1-2H3. The SMILES string of the molecule is CCOc1ccc(-c2cc3cccn(C(=O)N4CCN(C)CC4)c-3n2)cc1. The first-order chi connectivity index (χ1) is 13.2. The van der Waals surface area contributed by atoms with Crippen molar-refractivity contribution in [1.82, 2.24) is 19.4 Å². The van der Waals surface area contributed by atoms with Gasteiger partial charge < -0.3 is 14.5 Å². The Hall–Kier alpha value is -2.86. The molecular formula is C21H24N4O2. The number of benzene rings is 1. The van der Waals surface area contributed by atoms with E-state index in [1.54, 1.807) is 10.8 Å². The van der Waals surface area contributed by atoms with Crippen LogP contribution in [0.3, 0.4) is 0 Å². The molecule has 0 aliphatic carbocycles. The van der Waals surface area contributed by atoms with Crippen LogP contribution < -0.4 is 4.74 Å². The molecule has 1 aromatic rings. The van der Waals surface area contributed by atoms with E-state index < -0.39 is 0 Å². The van der Waals surface area contributed by atoms with Crippen LogP contribution in [0.25, 0.3) is 22.6 Å². The number of fused-ring (bicyclic) bond motifs is 1. The summed E-state index contributed by atoms with van der Waals surface area (Å²) < 4.78 is 7.17. The van der Waals surface area contributed by atoms with Gasteiger partial charge in [0, 0.05) is 43.5 Å². The molecule has 6 heteroatoms. The van der Waals surface area contributed by atoms with Crippen molar-refractivity contribution in [1.29, 1.82) is 0 Å². The van der Waals surface area contributed by atoms with Gasteiger partial charge in [0.05, 0.1) is 12.3 Å². The lowest BCUT2D eigenvalue weighted by atomic mass is 10.1. The van der Waals surface area contributed by atoms with Crippen LogP contribution in [0, 0.1) is 0 Å². The van der Waals surface area contributed by atoms with Gasteiger partial charge in [-0.2, -0.15) is 0 Å². The van der Waals surface area contributed by atoms with E-state index in [4.69, 9.17) is 9.72 Å². The molecule has 3 aliphatic rings. The van der Waals surface area contributed by atoms with Crippen molar-refractivity contribution in [3.63, 3.8) is 0 Å². The lowest BCUT2D eigenvalue weighted by Crippen LogP contribution is -2.48. The molecule has 140 valence electrons. The summed E-state index contributed by atoms with van der Waals surface area (Å²) in [4.78, 5) is 21.9. The number of hydrogen-bond donors (Lipinski definition) is 0. The molecule has 0 aromatic heterocycles. The summed E-state index contributed by atoms with van der Waals surface area (Å²) in [6.45, 7) is 5.89. The van der Waals surface area contributed by atoms with Gasteiger partial charge in [-0.25, -0.2) is 9.78 Å². The molecule has 6 nitrogen and oxygen atoms in total. The summed E-state index contributed by atoms with van der Waals surface area (Å²) in [6.07, 6.45) is 1.80. The van der Waals surface area contributed by atoms with E-state index in [1.165, 1.54) is 0 Å². The third-order valence-corrected chi connectivity index (χ3v) is 4.96. The average molecular weight is 364 g/mol. The zero-order valence-corrected chi connectivity index (χ0v) is 15.8. The first-order valence-electron chi connectivity index (χ1n) is 9.35. The number of aromatic nitrogens is 2. The molecule has 3 heterocycles. The fraction of sp³-hybridized carbons (Fsp3) is 0.333. The highest BCUT2D eigenvalue weighted by atomic mass is 16.5. The predicted molar refractivity (Wildman–Crippen MR) is 105 cm³/mol. The zero-order valence-electron chi connectivity index (χ0n) is 15.8. The molecule has 1 aromatic carbocycles. The molecule has 0 spiro atoms. The molecule has 4 rings (SSSR count). The second-order valence-electron chi connectivity index (χ2n) is 6.83. The van der Waals surface area contributed by atoms with Crippen LogP contribution >= 0.6 is 0 Å². The summed E-state index contributed by atoms with van der Waals surface area (Å²) >= 11 is 0. The van der Waals surface area contributed by atoms with E-state index in [9.17, 15) is 4.79 Å². The minimum atomic E-state index is -0.00922. The summed E-state index contributed by atoms with van der Waals surface area (Å²) in [5.74, 6) is 1.54. The highest BCUT2D eigenvalue weighted by Gasteiger charge is 2.23. The summed E-state index contributed by atoms with van der Waals surface area (Å²) in [7, 11) is 2.08. The van der Waals surface area contributed by atoms with Crippen molar-refractivity contribution in [3.8, 4) is 28.4 Å². The van der Waals surface area contributed by atoms with Crippen LogP contribution in [0.5, 0.6) is 5.75 Å². The summed E-state index contributed by atoms with van der Waals surface area (Å²) in [6, 6.07) is 13.8. The van der Waals surface area contributed by atoms with Crippen molar-refractivity contribution >= 4 is 6.03 Å². The lowest BCUT2D eigenvalue weighted by molar-refractivity contribution is 0.155. The first-order valence-corrected chi connectivity index (χ1v) is 9.35. The monoisotopic (exact) mass is 364 g/mol. The molecule has 0 N–H and O–H groups in total. The van der Waals surface area contributed by atoms with Gasteiger partial charge in [-0.05, 0) is 56.4 Å². The molecule has 0 bridgehead atoms. The topological polar surface area (TPSA) is 50.6 Å². The minimum Gasteiger partial charge on any atom is -0.494 e. The van der Waals surface area contributed by atoms with E-state index in [0.717, 1.165) is 48.7 Å². The van der Waals surface area contributed by atoms with Gasteiger partial charge in [0.15, 0.2) is 0 Å². The Labute approximate surface area is 159 Å². The summed E-state index contributed by atoms with van der Waals surface area (Å²) in [5, 5.41) is 0. The Morgan fingerprint density at radius 2 is 1.81 bits per heavy atom. The van der Waals surface area contributed by atoms with Crippen molar-refractivity contribution < 1.29 is 9.53 Å². The third kappa shape index (κ3) is 3.53. The number of likely N-dealkylation sites (N-methyl/N-ethyl adjacent to an activating group) is 1. The lowest BCUT2D eigenvalue weighted by Gasteiger charge is -2.32. The zero-order chi connectivity index (χ0) is 18.8. The number of piperazine rings is 1. The Morgan fingerprint density at radius 1 is 1.07 bits per heavy atom. The van der Waals surface area contributed by atoms with Crippen molar-refractivity contribution in [2.45, 2.75) is 6.92 Å². The van der Waals surface area contributed by atoms with Gasteiger partial charge in [0.1, 0.15) is 11.6 Å². The van der Waals surface area contributed by atoms with Crippen molar-refractivity contribution in [3.05, 3.63) is 48.7 Å². The van der Waals surface area contributed by atoms with Gasteiger partial charge in [-0.15, -0.1) is 0 Å². The predicted octanol–water partition coefficient (Wildman–Crippen LogP) is 3.27. The van der Waals surface area contributed by atoms with Crippen molar-refractivity contribution in [2.24, 2.45) is 0 Å². The third-order valence-electron chi connectivity index (χ3n) is 4.96. The van der Waals surface area contributed by atoms with Crippen molar-refractivity contribution in [2.75, 3.05) is 39.8 Å². The quantitative estimate of drug-likeness (QED) is 0.716. The fourth-order valence-corrected chi connectivity index (χ4v) is 3.38. The van der Waals surface area contributed by atoms with Crippen LogP contribution in [0.2, 0.25) is 0 Å². The molecule has 27 heavy (non-hydrogen) atoms. The molecule has 0 unspecified atom stereocenters. The second-order valence-corrected chi connectivity index (χ2v) is 6.83. The number of carbonyl (C=O) groups excluding carboxylic acids is 1. The van der Waals surface area contributed by atoms with Gasteiger partial charge >= 0.3 is 6.03 Å². The van der Waals surface area contributed by atoms with E-state index in [-0.39, 0.29) is 6.03 Å². The number of carbonyl (C=O) groups is 1. The van der Waals surface area contributed by atoms with E-state index in [2.05, 4.69) is 11.9 Å². The van der Waals surface area contributed by atoms with Gasteiger partial charge in [0.2, 0.25) is 0 Å². The largest absolute Gasteiger partial charge is 0.494 e. The van der Waals surface area contributed by atoms with Crippen LogP contribution in [0.4, 0.5) is 4.79 Å². The average Bonchev–Trinajstić information content (AvgIpc) is 3.13. The molecular weight excluding hydrogens is 340 g/mol. The molecule has 0 radical (unpaired) electrons. The Bertz CT molecular complexity index is 895. The van der Waals surface area contributed by atoms with Crippen LogP contribution in [-0.4, -0.2) is 65.2 Å². The number of ether oxygens (including phenoxy) is 1. The van der Waals surface area contributed by atoms with E-state index in [1.807, 2.05) is 54.3 Å². The Kier molecular flexibility index (Phi) is 4.81. The number of hydrogen-bond acceptors (Lipinski definition) is 4. The number of rotatable bonds is 3. The highest BCUT2D eigenvalue weighted by molar-refractivity contribution is 5.84. The fourth-order valence-electron chi connectivity index (χ4n) is 3.38. The molecule has 0 atom stereocenters. The smallest absolute Gasteiger partial charge is 0.329 e. The normalized spacial score (nSPS) is 15.3. The molecule has 1 saturated heterocycles. The molecule has 1 fully saturated rings. The van der Waals surface area contributed by atoms with E-state index in [0.29, 0.717) is 12.4 Å². The highest BCUT2D eigenvalue weighted by Crippen LogP contribution is 2.30. The van der Waals surface area contributed by atoms with Gasteiger partial charge in [-0.1, -0.05) is 0 Å². The Balaban J connectivity index is 1.63. The maximum absolute atomic E-state index is 13.0. The first kappa shape index (κ1) is 17.5. The van der Waals surface area contributed by atoms with Gasteiger partial charge in [-0.3, -0.25) is 4.57 Å². The van der Waals surface area contributed by atoms with Crippen LogP contribution in [0.15, 0.2) is 48.7 Å². The van der Waals surface area contributed by atoms with Gasteiger partial charge in [0.25, 0.3) is 0 Å². The maximum Gasteiger partial charge on any atom is 0.329 e. The molecule has 0 saturated carbocycles. The minimum absolute atomic E-state index is 0.00922. The number of amides is 1. The number of nitrogens with zero attached hydrogens (tertiary/aromatic N) is 4. The van der Waals surface area contributed by atoms with E-state index >= 15 is 0 Å². The Morgan fingerprint density at radius 3 is 2.52 bits per heavy atom. The number of pyridine rings is 1. The summed E-state index contributed by atoms with van der Waals surface area (Å²) in [5.41, 5.74) is 2.83. The van der Waals surface area contributed by atoms with Crippen LogP contribution in [-0.2, 0) is 0 Å². The molecule has 3 aliphatic heterocycles. The second kappa shape index (κ2) is 7.40. The molecule has 1 amide bonds. The van der Waals surface area contributed by atoms with Crippen LogP contribution in [0.1, 0.15) is 6.92 Å². The maximum atomic E-state index is 13.0.